The molecule has 0 amide bonds. The molecule has 2 aromatic rings. The van der Waals surface area contributed by atoms with Crippen LogP contribution in [0.25, 0.3) is 0 Å². The van der Waals surface area contributed by atoms with Crippen molar-refractivity contribution in [2.45, 2.75) is 26.3 Å². The Morgan fingerprint density at radius 3 is 2.80 bits per heavy atom. The number of hydrogen-bond acceptors (Lipinski definition) is 3. The summed E-state index contributed by atoms with van der Waals surface area (Å²) in [5.74, 6) is 0.909. The fourth-order valence-corrected chi connectivity index (χ4v) is 2.83. The van der Waals surface area contributed by atoms with Gasteiger partial charge in [0.25, 0.3) is 0 Å². The average molecular weight is 355 g/mol. The van der Waals surface area contributed by atoms with Crippen molar-refractivity contribution in [3.8, 4) is 0 Å². The minimum atomic E-state index is 0.554. The lowest BCUT2D eigenvalue weighted by atomic mass is 10.1. The lowest BCUT2D eigenvalue weighted by Crippen LogP contribution is -2.20. The van der Waals surface area contributed by atoms with Gasteiger partial charge in [0.2, 0.25) is 0 Å². The zero-order chi connectivity index (χ0) is 14.5. The number of hydrogen-bond donors (Lipinski definition) is 0. The van der Waals surface area contributed by atoms with Crippen LogP contribution in [0.4, 0.5) is 5.82 Å². The minimum Gasteiger partial charge on any atom is -0.355 e. The predicted molar refractivity (Wildman–Crippen MR) is 87.3 cm³/mol. The molecule has 20 heavy (non-hydrogen) atoms. The van der Waals surface area contributed by atoms with Crippen molar-refractivity contribution in [1.82, 2.24) is 9.97 Å². The van der Waals surface area contributed by atoms with E-state index in [-0.39, 0.29) is 0 Å². The van der Waals surface area contributed by atoms with Gasteiger partial charge in [0.15, 0.2) is 0 Å². The van der Waals surface area contributed by atoms with Crippen molar-refractivity contribution < 1.29 is 0 Å². The van der Waals surface area contributed by atoms with Crippen LogP contribution in [-0.2, 0) is 13.0 Å². The summed E-state index contributed by atoms with van der Waals surface area (Å²) < 4.78 is 1.08. The van der Waals surface area contributed by atoms with Gasteiger partial charge >= 0.3 is 0 Å². The van der Waals surface area contributed by atoms with Crippen LogP contribution >= 0.6 is 27.5 Å². The highest BCUT2D eigenvalue weighted by Crippen LogP contribution is 2.25. The molecule has 2 rings (SSSR count). The molecular formula is C15H17BrClN3. The Hall–Kier alpha value is -1.13. The number of nitrogens with zero attached hydrogens (tertiary/aromatic N) is 3. The highest BCUT2D eigenvalue weighted by atomic mass is 79.9. The third-order valence-corrected chi connectivity index (χ3v) is 3.86. The van der Waals surface area contributed by atoms with Crippen LogP contribution < -0.4 is 4.90 Å². The van der Waals surface area contributed by atoms with Crippen LogP contribution in [0.1, 0.15) is 24.5 Å². The molecule has 0 aliphatic heterocycles. The Labute approximate surface area is 133 Å². The zero-order valence-corrected chi connectivity index (χ0v) is 13.9. The molecule has 0 bridgehead atoms. The summed E-state index contributed by atoms with van der Waals surface area (Å²) in [5, 5.41) is 0.554. The van der Waals surface area contributed by atoms with Gasteiger partial charge < -0.3 is 4.90 Å². The molecule has 0 fully saturated rings. The van der Waals surface area contributed by atoms with Crippen molar-refractivity contribution in [2.75, 3.05) is 11.9 Å². The molecule has 106 valence electrons. The first kappa shape index (κ1) is 15.3. The summed E-state index contributed by atoms with van der Waals surface area (Å²) in [6.07, 6.45) is 3.43. The highest BCUT2D eigenvalue weighted by molar-refractivity contribution is 9.10. The minimum absolute atomic E-state index is 0.554. The summed E-state index contributed by atoms with van der Waals surface area (Å²) in [6, 6.07) is 8.27. The quantitative estimate of drug-likeness (QED) is 0.741. The van der Waals surface area contributed by atoms with Crippen molar-refractivity contribution in [3.63, 3.8) is 0 Å². The van der Waals surface area contributed by atoms with Crippen LogP contribution in [0.3, 0.4) is 0 Å². The summed E-state index contributed by atoms with van der Waals surface area (Å²) in [7, 11) is 2.03. The maximum absolute atomic E-state index is 6.20. The maximum Gasteiger partial charge on any atom is 0.137 e. The standard InChI is InChI=1S/C15H17BrClN3/c1-3-5-13-14(17)18-10-19-15(13)20(2)9-11-6-4-7-12(16)8-11/h4,6-8,10H,3,5,9H2,1-2H3. The molecule has 0 saturated carbocycles. The molecule has 0 saturated heterocycles. The number of benzene rings is 1. The first-order valence-electron chi connectivity index (χ1n) is 6.56. The first-order chi connectivity index (χ1) is 9.61. The van der Waals surface area contributed by atoms with Crippen LogP contribution in [0.5, 0.6) is 0 Å². The molecule has 1 aromatic heterocycles. The summed E-state index contributed by atoms with van der Waals surface area (Å²) in [4.78, 5) is 10.6. The van der Waals surface area contributed by atoms with Gasteiger partial charge in [-0.05, 0) is 24.1 Å². The number of anilines is 1. The second kappa shape index (κ2) is 7.04. The lowest BCUT2D eigenvalue weighted by Gasteiger charge is -2.21. The monoisotopic (exact) mass is 353 g/mol. The fourth-order valence-electron chi connectivity index (χ4n) is 2.16. The first-order valence-corrected chi connectivity index (χ1v) is 7.74. The third kappa shape index (κ3) is 3.70. The van der Waals surface area contributed by atoms with Crippen molar-refractivity contribution in [2.24, 2.45) is 0 Å². The lowest BCUT2D eigenvalue weighted by molar-refractivity contribution is 0.842. The van der Waals surface area contributed by atoms with E-state index in [0.717, 1.165) is 35.2 Å². The van der Waals surface area contributed by atoms with E-state index in [1.807, 2.05) is 19.2 Å². The number of halogens is 2. The van der Waals surface area contributed by atoms with Crippen LogP contribution in [0, 0.1) is 0 Å². The summed E-state index contributed by atoms with van der Waals surface area (Å²) in [6.45, 7) is 2.91. The second-order valence-corrected chi connectivity index (χ2v) is 5.98. The van der Waals surface area contributed by atoms with E-state index in [0.29, 0.717) is 5.15 Å². The average Bonchev–Trinajstić information content (AvgIpc) is 2.41. The maximum atomic E-state index is 6.20. The highest BCUT2D eigenvalue weighted by Gasteiger charge is 2.13. The van der Waals surface area contributed by atoms with E-state index in [2.05, 4.69) is 49.9 Å². The van der Waals surface area contributed by atoms with E-state index in [4.69, 9.17) is 11.6 Å². The van der Waals surface area contributed by atoms with Crippen molar-refractivity contribution in [3.05, 3.63) is 51.3 Å². The molecule has 0 N–H and O–H groups in total. The van der Waals surface area contributed by atoms with Gasteiger partial charge in [0.05, 0.1) is 0 Å². The molecule has 1 aromatic carbocycles. The van der Waals surface area contributed by atoms with E-state index >= 15 is 0 Å². The van der Waals surface area contributed by atoms with Gasteiger partial charge in [0.1, 0.15) is 17.3 Å². The molecule has 1 heterocycles. The van der Waals surface area contributed by atoms with E-state index in [1.54, 1.807) is 0 Å². The molecule has 3 nitrogen and oxygen atoms in total. The van der Waals surface area contributed by atoms with Crippen LogP contribution in [-0.4, -0.2) is 17.0 Å². The molecule has 0 atom stereocenters. The SMILES string of the molecule is CCCc1c(Cl)ncnc1N(C)Cc1cccc(Br)c1. The van der Waals surface area contributed by atoms with Crippen LogP contribution in [0.15, 0.2) is 35.1 Å². The Morgan fingerprint density at radius 2 is 2.10 bits per heavy atom. The normalized spacial score (nSPS) is 10.6. The van der Waals surface area contributed by atoms with Gasteiger partial charge in [0, 0.05) is 23.6 Å². The van der Waals surface area contributed by atoms with Gasteiger partial charge in [-0.1, -0.05) is 53.0 Å². The van der Waals surface area contributed by atoms with E-state index in [9.17, 15) is 0 Å². The topological polar surface area (TPSA) is 29.0 Å². The largest absolute Gasteiger partial charge is 0.355 e. The smallest absolute Gasteiger partial charge is 0.137 e. The van der Waals surface area contributed by atoms with Gasteiger partial charge in [-0.15, -0.1) is 0 Å². The van der Waals surface area contributed by atoms with Gasteiger partial charge in [-0.2, -0.15) is 0 Å². The second-order valence-electron chi connectivity index (χ2n) is 4.70. The molecule has 0 aliphatic carbocycles. The molecule has 0 unspecified atom stereocenters. The molecular weight excluding hydrogens is 338 g/mol. The third-order valence-electron chi connectivity index (χ3n) is 3.04. The Balaban J connectivity index is 2.25. The molecule has 0 spiro atoms. The number of rotatable bonds is 5. The van der Waals surface area contributed by atoms with Gasteiger partial charge in [-0.25, -0.2) is 9.97 Å². The van der Waals surface area contributed by atoms with E-state index < -0.39 is 0 Å². The summed E-state index contributed by atoms with van der Waals surface area (Å²) >= 11 is 9.69. The zero-order valence-electron chi connectivity index (χ0n) is 11.6. The van der Waals surface area contributed by atoms with Crippen molar-refractivity contribution >= 4 is 33.3 Å². The summed E-state index contributed by atoms with van der Waals surface area (Å²) in [5.41, 5.74) is 2.24. The van der Waals surface area contributed by atoms with Gasteiger partial charge in [-0.3, -0.25) is 0 Å². The fraction of sp³-hybridized carbons (Fsp3) is 0.333. The Morgan fingerprint density at radius 1 is 1.30 bits per heavy atom. The molecule has 5 heteroatoms. The molecule has 0 radical (unpaired) electrons. The van der Waals surface area contributed by atoms with Crippen LogP contribution in [0.2, 0.25) is 5.15 Å². The molecule has 0 aliphatic rings. The van der Waals surface area contributed by atoms with Crippen molar-refractivity contribution in [1.29, 1.82) is 0 Å². The number of aromatic nitrogens is 2. The predicted octanol–water partition coefficient (Wildman–Crippen LogP) is 4.48. The Bertz CT molecular complexity index is 589. The Kier molecular flexibility index (Phi) is 5.38. The van der Waals surface area contributed by atoms with E-state index in [1.165, 1.54) is 11.9 Å².